The van der Waals surface area contributed by atoms with Crippen LogP contribution in [-0.2, 0) is 9.59 Å². The highest BCUT2D eigenvalue weighted by Gasteiger charge is 2.26. The first-order valence-electron chi connectivity index (χ1n) is 5.70. The summed E-state index contributed by atoms with van der Waals surface area (Å²) in [5, 5.41) is 17.6. The van der Waals surface area contributed by atoms with Gasteiger partial charge in [0.15, 0.2) is 0 Å². The summed E-state index contributed by atoms with van der Waals surface area (Å²) in [7, 11) is 0. The quantitative estimate of drug-likeness (QED) is 0.721. The number of rotatable bonds is 4. The Balaban J connectivity index is 2.77. The number of carboxylic acid groups (broad SMARTS) is 2. The second-order valence-electron chi connectivity index (χ2n) is 4.43. The van der Waals surface area contributed by atoms with Crippen molar-refractivity contribution < 1.29 is 19.8 Å². The van der Waals surface area contributed by atoms with Crippen LogP contribution in [0.15, 0.2) is 11.6 Å². The zero-order chi connectivity index (χ0) is 12.1. The van der Waals surface area contributed by atoms with E-state index in [9.17, 15) is 9.59 Å². The van der Waals surface area contributed by atoms with E-state index in [1.54, 1.807) is 0 Å². The molecule has 0 radical (unpaired) electrons. The Labute approximate surface area is 95.0 Å². The predicted molar refractivity (Wildman–Crippen MR) is 59.1 cm³/mol. The molecule has 1 atom stereocenters. The average molecular weight is 226 g/mol. The van der Waals surface area contributed by atoms with Gasteiger partial charge in [0, 0.05) is 11.6 Å². The van der Waals surface area contributed by atoms with Crippen LogP contribution >= 0.6 is 0 Å². The molecule has 0 aromatic rings. The Bertz CT molecular complexity index is 300. The third-order valence-corrected chi connectivity index (χ3v) is 3.37. The zero-order valence-corrected chi connectivity index (χ0v) is 9.48. The summed E-state index contributed by atoms with van der Waals surface area (Å²) in [5.74, 6) is -2.15. The van der Waals surface area contributed by atoms with Crippen molar-refractivity contribution in [3.63, 3.8) is 0 Å². The maximum atomic E-state index is 11.0. The first kappa shape index (κ1) is 12.7. The molecule has 4 nitrogen and oxygen atoms in total. The van der Waals surface area contributed by atoms with Crippen LogP contribution in [0.3, 0.4) is 0 Å². The van der Waals surface area contributed by atoms with Crippen molar-refractivity contribution in [1.29, 1.82) is 0 Å². The van der Waals surface area contributed by atoms with E-state index in [4.69, 9.17) is 10.2 Å². The van der Waals surface area contributed by atoms with Crippen molar-refractivity contribution in [2.24, 2.45) is 11.8 Å². The summed E-state index contributed by atoms with van der Waals surface area (Å²) in [6.45, 7) is 1.82. The van der Waals surface area contributed by atoms with Crippen LogP contribution in [0.1, 0.15) is 39.0 Å². The molecule has 1 fully saturated rings. The normalized spacial score (nSPS) is 20.4. The molecule has 90 valence electrons. The molecule has 0 saturated heterocycles. The Morgan fingerprint density at radius 3 is 2.19 bits per heavy atom. The standard InChI is InChI=1S/C12H18O4/c1-8(9-5-3-2-4-6-9)10(12(15)16)7-11(13)14/h7-9H,2-6H2,1H3,(H,13,14)(H,15,16). The smallest absolute Gasteiger partial charge is 0.332 e. The fourth-order valence-corrected chi connectivity index (χ4v) is 2.41. The first-order valence-corrected chi connectivity index (χ1v) is 5.70. The molecule has 0 amide bonds. The van der Waals surface area contributed by atoms with Gasteiger partial charge in [0.25, 0.3) is 0 Å². The minimum Gasteiger partial charge on any atom is -0.478 e. The molecule has 1 rings (SSSR count). The third kappa shape index (κ3) is 3.36. The predicted octanol–water partition coefficient (Wildman–Crippen LogP) is 2.30. The SMILES string of the molecule is CC(C(=CC(=O)O)C(=O)O)C1CCCCC1. The summed E-state index contributed by atoms with van der Waals surface area (Å²) in [5.41, 5.74) is 0.0272. The molecule has 2 N–H and O–H groups in total. The van der Waals surface area contributed by atoms with Gasteiger partial charge in [-0.25, -0.2) is 9.59 Å². The largest absolute Gasteiger partial charge is 0.478 e. The number of hydrogen-bond donors (Lipinski definition) is 2. The summed E-state index contributed by atoms with van der Waals surface area (Å²) >= 11 is 0. The Hall–Kier alpha value is -1.32. The van der Waals surface area contributed by atoms with Crippen LogP contribution < -0.4 is 0 Å². The molecule has 1 aliphatic rings. The maximum Gasteiger partial charge on any atom is 0.332 e. The van der Waals surface area contributed by atoms with Gasteiger partial charge in [0.05, 0.1) is 0 Å². The summed E-state index contributed by atoms with van der Waals surface area (Å²) in [6.07, 6.45) is 6.29. The lowest BCUT2D eigenvalue weighted by Gasteiger charge is -2.27. The Morgan fingerprint density at radius 1 is 1.19 bits per heavy atom. The maximum absolute atomic E-state index is 11.0. The average Bonchev–Trinajstić information content (AvgIpc) is 2.25. The Kier molecular flexibility index (Phi) is 4.52. The van der Waals surface area contributed by atoms with Gasteiger partial charge in [0.1, 0.15) is 0 Å². The van der Waals surface area contributed by atoms with E-state index >= 15 is 0 Å². The van der Waals surface area contributed by atoms with Gasteiger partial charge >= 0.3 is 11.9 Å². The lowest BCUT2D eigenvalue weighted by atomic mass is 9.77. The molecule has 1 saturated carbocycles. The summed E-state index contributed by atoms with van der Waals surface area (Å²) in [4.78, 5) is 21.5. The molecule has 0 heterocycles. The van der Waals surface area contributed by atoms with Gasteiger partial charge in [-0.2, -0.15) is 0 Å². The van der Waals surface area contributed by atoms with Gasteiger partial charge in [0.2, 0.25) is 0 Å². The van der Waals surface area contributed by atoms with E-state index < -0.39 is 11.9 Å². The second kappa shape index (κ2) is 5.68. The molecule has 16 heavy (non-hydrogen) atoms. The molecule has 0 aromatic carbocycles. The van der Waals surface area contributed by atoms with Crippen molar-refractivity contribution in [2.45, 2.75) is 39.0 Å². The van der Waals surface area contributed by atoms with Crippen molar-refractivity contribution in [3.8, 4) is 0 Å². The molecule has 0 bridgehead atoms. The van der Waals surface area contributed by atoms with Crippen LogP contribution in [0.4, 0.5) is 0 Å². The van der Waals surface area contributed by atoms with Crippen LogP contribution in [0.25, 0.3) is 0 Å². The number of hydrogen-bond acceptors (Lipinski definition) is 2. The van der Waals surface area contributed by atoms with Crippen LogP contribution in [0.5, 0.6) is 0 Å². The topological polar surface area (TPSA) is 74.6 Å². The molecular formula is C12H18O4. The lowest BCUT2D eigenvalue weighted by molar-refractivity contribution is -0.135. The first-order chi connectivity index (χ1) is 7.52. The van der Waals surface area contributed by atoms with E-state index in [1.807, 2.05) is 6.92 Å². The van der Waals surface area contributed by atoms with Gasteiger partial charge in [-0.15, -0.1) is 0 Å². The van der Waals surface area contributed by atoms with Crippen LogP contribution in [0.2, 0.25) is 0 Å². The molecule has 0 aromatic heterocycles. The zero-order valence-electron chi connectivity index (χ0n) is 9.48. The lowest BCUT2D eigenvalue weighted by Crippen LogP contribution is -2.22. The highest BCUT2D eigenvalue weighted by atomic mass is 16.4. The molecular weight excluding hydrogens is 208 g/mol. The van der Waals surface area contributed by atoms with Gasteiger partial charge in [-0.1, -0.05) is 26.2 Å². The van der Waals surface area contributed by atoms with E-state index in [-0.39, 0.29) is 11.5 Å². The minimum atomic E-state index is -1.18. The molecule has 1 aliphatic carbocycles. The van der Waals surface area contributed by atoms with Gasteiger partial charge in [-0.05, 0) is 24.7 Å². The molecule has 0 aliphatic heterocycles. The number of aliphatic carboxylic acids is 2. The van der Waals surface area contributed by atoms with E-state index in [0.29, 0.717) is 5.92 Å². The van der Waals surface area contributed by atoms with Crippen molar-refractivity contribution in [1.82, 2.24) is 0 Å². The van der Waals surface area contributed by atoms with E-state index in [2.05, 4.69) is 0 Å². The van der Waals surface area contributed by atoms with E-state index in [0.717, 1.165) is 31.8 Å². The monoisotopic (exact) mass is 226 g/mol. The molecule has 1 unspecified atom stereocenters. The van der Waals surface area contributed by atoms with Crippen molar-refractivity contribution >= 4 is 11.9 Å². The van der Waals surface area contributed by atoms with Gasteiger partial charge < -0.3 is 10.2 Å². The van der Waals surface area contributed by atoms with Crippen molar-refractivity contribution in [2.75, 3.05) is 0 Å². The second-order valence-corrected chi connectivity index (χ2v) is 4.43. The fraction of sp³-hybridized carbons (Fsp3) is 0.667. The van der Waals surface area contributed by atoms with Gasteiger partial charge in [-0.3, -0.25) is 0 Å². The number of carboxylic acids is 2. The molecule has 0 spiro atoms. The summed E-state index contributed by atoms with van der Waals surface area (Å²) in [6, 6.07) is 0. The number of carbonyl (C=O) groups is 2. The molecule has 4 heteroatoms. The Morgan fingerprint density at radius 2 is 1.75 bits per heavy atom. The minimum absolute atomic E-state index is 0.0272. The highest BCUT2D eigenvalue weighted by Crippen LogP contribution is 2.33. The highest BCUT2D eigenvalue weighted by molar-refractivity contribution is 5.95. The fourth-order valence-electron chi connectivity index (χ4n) is 2.41. The summed E-state index contributed by atoms with van der Waals surface area (Å²) < 4.78 is 0. The van der Waals surface area contributed by atoms with Crippen molar-refractivity contribution in [3.05, 3.63) is 11.6 Å². The van der Waals surface area contributed by atoms with Crippen LogP contribution in [-0.4, -0.2) is 22.2 Å². The van der Waals surface area contributed by atoms with E-state index in [1.165, 1.54) is 6.42 Å². The third-order valence-electron chi connectivity index (χ3n) is 3.37. The van der Waals surface area contributed by atoms with Crippen LogP contribution in [0, 0.1) is 11.8 Å².